The van der Waals surface area contributed by atoms with Gasteiger partial charge in [-0.15, -0.1) is 0 Å². The second kappa shape index (κ2) is 5.95. The van der Waals surface area contributed by atoms with E-state index in [1.54, 1.807) is 0 Å². The molecular weight excluding hydrogens is 363 g/mol. The van der Waals surface area contributed by atoms with E-state index in [1.807, 2.05) is 0 Å². The van der Waals surface area contributed by atoms with Crippen LogP contribution in [0.1, 0.15) is 13.8 Å². The average Bonchev–Trinajstić information content (AvgIpc) is 2.19. The van der Waals surface area contributed by atoms with Crippen LogP contribution in [-0.4, -0.2) is 33.8 Å². The molecule has 0 unspecified atom stereocenters. The van der Waals surface area contributed by atoms with E-state index in [-0.39, 0.29) is 0 Å². The van der Waals surface area contributed by atoms with Gasteiger partial charge in [-0.2, -0.15) is 0 Å². The van der Waals surface area contributed by atoms with E-state index >= 15 is 0 Å². The van der Waals surface area contributed by atoms with Crippen molar-refractivity contribution in [2.45, 2.75) is 35.7 Å². The zero-order valence-corrected chi connectivity index (χ0v) is 12.3. The third kappa shape index (κ3) is 3.77. The minimum absolute atomic E-state index is 0.471. The van der Waals surface area contributed by atoms with Crippen LogP contribution in [0.2, 0.25) is 0 Å². The molecule has 0 saturated heterocycles. The van der Waals surface area contributed by atoms with Crippen molar-refractivity contribution in [1.82, 2.24) is 0 Å². The topological polar surface area (TPSA) is 52.6 Å². The highest BCUT2D eigenvalue weighted by Gasteiger charge is 2.43. The molecule has 0 saturated carbocycles. The molecule has 0 fully saturated rings. The van der Waals surface area contributed by atoms with Crippen molar-refractivity contribution in [3.05, 3.63) is 11.9 Å². The van der Waals surface area contributed by atoms with Crippen molar-refractivity contribution >= 4 is 43.8 Å². The van der Waals surface area contributed by atoms with Gasteiger partial charge in [0.2, 0.25) is 0 Å². The first-order valence-corrected chi connectivity index (χ1v) is 6.66. The molecular formula is C10H11Br2FO4. The second-order valence-electron chi connectivity index (χ2n) is 3.55. The molecule has 1 rings (SSSR count). The van der Waals surface area contributed by atoms with Crippen LogP contribution >= 0.6 is 31.9 Å². The maximum Gasteiger partial charge on any atom is 0.303 e. The summed E-state index contributed by atoms with van der Waals surface area (Å²) in [5.74, 6) is -1.56. The number of halogens is 3. The van der Waals surface area contributed by atoms with Gasteiger partial charge >= 0.3 is 11.9 Å². The molecule has 0 aromatic rings. The monoisotopic (exact) mass is 372 g/mol. The van der Waals surface area contributed by atoms with Gasteiger partial charge in [0.25, 0.3) is 0 Å². The summed E-state index contributed by atoms with van der Waals surface area (Å²) < 4.78 is 23.5. The summed E-state index contributed by atoms with van der Waals surface area (Å²) in [6.45, 7) is 2.45. The number of carbonyl (C=O) groups is 2. The zero-order valence-electron chi connectivity index (χ0n) is 9.15. The summed E-state index contributed by atoms with van der Waals surface area (Å²) in [5.41, 5.74) is 0. The lowest BCUT2D eigenvalue weighted by Crippen LogP contribution is -2.48. The first kappa shape index (κ1) is 14.6. The van der Waals surface area contributed by atoms with E-state index in [2.05, 4.69) is 31.9 Å². The first-order chi connectivity index (χ1) is 7.82. The smallest absolute Gasteiger partial charge is 0.303 e. The van der Waals surface area contributed by atoms with E-state index in [9.17, 15) is 14.0 Å². The highest BCUT2D eigenvalue weighted by Crippen LogP contribution is 2.34. The predicted molar refractivity (Wildman–Crippen MR) is 65.7 cm³/mol. The summed E-state index contributed by atoms with van der Waals surface area (Å²) in [6, 6.07) is 0. The van der Waals surface area contributed by atoms with Gasteiger partial charge in [-0.3, -0.25) is 9.59 Å². The Morgan fingerprint density at radius 3 is 2.12 bits per heavy atom. The van der Waals surface area contributed by atoms with Crippen molar-refractivity contribution in [3.63, 3.8) is 0 Å². The number of rotatable bonds is 2. The second-order valence-corrected chi connectivity index (χ2v) is 5.59. The summed E-state index contributed by atoms with van der Waals surface area (Å²) in [7, 11) is 0. The maximum atomic E-state index is 13.5. The fourth-order valence-electron chi connectivity index (χ4n) is 1.49. The fraction of sp³-hybridized carbons (Fsp3) is 0.600. The minimum Gasteiger partial charge on any atom is -0.457 e. The minimum atomic E-state index is -0.897. The van der Waals surface area contributed by atoms with E-state index in [1.165, 1.54) is 19.9 Å². The van der Waals surface area contributed by atoms with Crippen molar-refractivity contribution < 1.29 is 23.5 Å². The van der Waals surface area contributed by atoms with Crippen molar-refractivity contribution in [3.8, 4) is 0 Å². The van der Waals surface area contributed by atoms with Crippen molar-refractivity contribution in [2.24, 2.45) is 0 Å². The first-order valence-electron chi connectivity index (χ1n) is 4.82. The number of hydrogen-bond acceptors (Lipinski definition) is 4. The Morgan fingerprint density at radius 2 is 1.65 bits per heavy atom. The van der Waals surface area contributed by atoms with Crippen LogP contribution in [0.4, 0.5) is 4.39 Å². The van der Waals surface area contributed by atoms with Crippen LogP contribution in [0, 0.1) is 0 Å². The number of hydrogen-bond donors (Lipinski definition) is 0. The lowest BCUT2D eigenvalue weighted by atomic mass is 9.99. The molecule has 0 aliphatic heterocycles. The lowest BCUT2D eigenvalue weighted by Gasteiger charge is -2.34. The largest absolute Gasteiger partial charge is 0.457 e. The molecule has 0 radical (unpaired) electrons. The molecule has 4 atom stereocenters. The molecule has 4 nitrogen and oxygen atoms in total. The van der Waals surface area contributed by atoms with E-state index in [0.717, 1.165) is 0 Å². The van der Waals surface area contributed by atoms with E-state index in [0.29, 0.717) is 0 Å². The SMILES string of the molecule is CC(=O)O[C@@H]1[C@H](OC(C)=O)[C@@H](Br)C(F)=C[C@H]1Br. The molecule has 0 spiro atoms. The molecule has 0 heterocycles. The molecule has 0 aromatic carbocycles. The molecule has 1 aliphatic rings. The Morgan fingerprint density at radius 1 is 1.18 bits per heavy atom. The van der Waals surface area contributed by atoms with Crippen LogP contribution in [0.5, 0.6) is 0 Å². The van der Waals surface area contributed by atoms with E-state index < -0.39 is 39.6 Å². The Balaban J connectivity index is 2.95. The Labute approximate surface area is 115 Å². The number of alkyl halides is 2. The van der Waals surface area contributed by atoms with Gasteiger partial charge in [-0.05, 0) is 6.08 Å². The molecule has 0 amide bonds. The number of esters is 2. The van der Waals surface area contributed by atoms with Crippen LogP contribution in [0.3, 0.4) is 0 Å². The van der Waals surface area contributed by atoms with Gasteiger partial charge in [-0.25, -0.2) is 4.39 Å². The fourth-order valence-corrected chi connectivity index (χ4v) is 2.71. The molecule has 0 bridgehead atoms. The highest BCUT2D eigenvalue weighted by molar-refractivity contribution is 9.10. The summed E-state index contributed by atoms with van der Waals surface area (Å²) in [6.07, 6.45) is -0.390. The third-order valence-corrected chi connectivity index (χ3v) is 3.86. The molecule has 17 heavy (non-hydrogen) atoms. The lowest BCUT2D eigenvalue weighted by molar-refractivity contribution is -0.164. The summed E-state index contributed by atoms with van der Waals surface area (Å²) in [5, 5.41) is 0. The molecule has 0 N–H and O–H groups in total. The predicted octanol–water partition coefficient (Wildman–Crippen LogP) is 2.24. The summed E-state index contributed by atoms with van der Waals surface area (Å²) >= 11 is 6.25. The molecule has 0 aromatic heterocycles. The van der Waals surface area contributed by atoms with Gasteiger partial charge in [0.05, 0.1) is 4.83 Å². The van der Waals surface area contributed by atoms with Crippen molar-refractivity contribution in [2.75, 3.05) is 0 Å². The quantitative estimate of drug-likeness (QED) is 0.550. The van der Waals surface area contributed by atoms with Gasteiger partial charge < -0.3 is 9.47 Å². The van der Waals surface area contributed by atoms with Crippen LogP contribution in [0.25, 0.3) is 0 Å². The highest BCUT2D eigenvalue weighted by atomic mass is 79.9. The van der Waals surface area contributed by atoms with Gasteiger partial charge in [0.15, 0.2) is 12.2 Å². The Kier molecular flexibility index (Phi) is 5.12. The standard InChI is InChI=1S/C10H11Br2FO4/c1-4(14)16-9-6(11)3-7(13)8(12)10(9)17-5(2)15/h3,6,8-10H,1-2H3/t6-,8+,9+,10-/m1/s1. The maximum absolute atomic E-state index is 13.5. The Bertz CT molecular complexity index is 358. The number of ether oxygens (including phenoxy) is 2. The number of carbonyl (C=O) groups excluding carboxylic acids is 2. The normalized spacial score (nSPS) is 32.6. The summed E-state index contributed by atoms with van der Waals surface area (Å²) in [4.78, 5) is 20.6. The Hall–Kier alpha value is -0.430. The van der Waals surface area contributed by atoms with Gasteiger partial charge in [0, 0.05) is 13.8 Å². The average molecular weight is 374 g/mol. The zero-order chi connectivity index (χ0) is 13.2. The van der Waals surface area contributed by atoms with Crippen LogP contribution in [-0.2, 0) is 19.1 Å². The van der Waals surface area contributed by atoms with Gasteiger partial charge in [0.1, 0.15) is 10.7 Å². The molecule has 1 aliphatic carbocycles. The molecule has 96 valence electrons. The third-order valence-electron chi connectivity index (χ3n) is 2.11. The molecule has 7 heteroatoms. The van der Waals surface area contributed by atoms with Crippen molar-refractivity contribution in [1.29, 1.82) is 0 Å². The van der Waals surface area contributed by atoms with E-state index in [4.69, 9.17) is 9.47 Å². The van der Waals surface area contributed by atoms with Crippen LogP contribution < -0.4 is 0 Å². The van der Waals surface area contributed by atoms with Gasteiger partial charge in [-0.1, -0.05) is 31.9 Å². The van der Waals surface area contributed by atoms with Crippen LogP contribution in [0.15, 0.2) is 11.9 Å².